The van der Waals surface area contributed by atoms with Crippen molar-refractivity contribution in [2.24, 2.45) is 0 Å². The van der Waals surface area contributed by atoms with E-state index in [1.165, 1.54) is 19.3 Å². The van der Waals surface area contributed by atoms with E-state index in [1.807, 2.05) is 42.5 Å². The molecule has 1 amide bonds. The minimum atomic E-state index is -0.0833. The molecule has 3 aromatic rings. The summed E-state index contributed by atoms with van der Waals surface area (Å²) in [6.45, 7) is 1.50. The standard InChI is InChI=1S/C20H20ClN3O/c21-16-8-5-14(6-9-16)13-22-20(25)15-7-10-18-17(12-15)23-19-4-2-1-3-11-24(18)19/h5-10,12H,1-4,11,13H2,(H,22,25). The van der Waals surface area contributed by atoms with Crippen LogP contribution in [0.2, 0.25) is 5.02 Å². The number of rotatable bonds is 3. The molecule has 0 radical (unpaired) electrons. The van der Waals surface area contributed by atoms with Gasteiger partial charge in [0.1, 0.15) is 5.82 Å². The van der Waals surface area contributed by atoms with E-state index in [0.29, 0.717) is 17.1 Å². The Bertz CT molecular complexity index is 915. The van der Waals surface area contributed by atoms with Crippen LogP contribution in [0.4, 0.5) is 0 Å². The van der Waals surface area contributed by atoms with E-state index in [-0.39, 0.29) is 5.91 Å². The number of benzene rings is 2. The Morgan fingerprint density at radius 2 is 1.96 bits per heavy atom. The first-order chi connectivity index (χ1) is 12.2. The Balaban J connectivity index is 1.52. The third kappa shape index (κ3) is 3.40. The second-order valence-corrected chi connectivity index (χ2v) is 6.94. The molecule has 1 aliphatic rings. The van der Waals surface area contributed by atoms with Crippen molar-refractivity contribution < 1.29 is 4.79 Å². The van der Waals surface area contributed by atoms with Crippen LogP contribution in [-0.4, -0.2) is 15.5 Å². The van der Waals surface area contributed by atoms with Gasteiger partial charge >= 0.3 is 0 Å². The van der Waals surface area contributed by atoms with Gasteiger partial charge in [-0.3, -0.25) is 4.79 Å². The molecule has 4 nitrogen and oxygen atoms in total. The Labute approximate surface area is 151 Å². The molecule has 2 aromatic carbocycles. The highest BCUT2D eigenvalue weighted by Gasteiger charge is 2.15. The number of nitrogens with one attached hydrogen (secondary N) is 1. The molecule has 4 rings (SSSR count). The van der Waals surface area contributed by atoms with Gasteiger partial charge in [-0.1, -0.05) is 30.2 Å². The van der Waals surface area contributed by atoms with Gasteiger partial charge in [-0.05, 0) is 48.7 Å². The molecular weight excluding hydrogens is 334 g/mol. The van der Waals surface area contributed by atoms with Crippen LogP contribution in [0.15, 0.2) is 42.5 Å². The van der Waals surface area contributed by atoms with Gasteiger partial charge in [0.05, 0.1) is 11.0 Å². The highest BCUT2D eigenvalue weighted by Crippen LogP contribution is 2.23. The summed E-state index contributed by atoms with van der Waals surface area (Å²) >= 11 is 5.88. The summed E-state index contributed by atoms with van der Waals surface area (Å²) in [4.78, 5) is 17.2. The van der Waals surface area contributed by atoms with Gasteiger partial charge in [0.15, 0.2) is 0 Å². The summed E-state index contributed by atoms with van der Waals surface area (Å²) in [5.74, 6) is 1.06. The van der Waals surface area contributed by atoms with Crippen LogP contribution in [0.1, 0.15) is 41.0 Å². The number of halogens is 1. The highest BCUT2D eigenvalue weighted by molar-refractivity contribution is 6.30. The van der Waals surface area contributed by atoms with E-state index in [9.17, 15) is 4.79 Å². The van der Waals surface area contributed by atoms with Crippen molar-refractivity contribution >= 4 is 28.5 Å². The lowest BCUT2D eigenvalue weighted by Crippen LogP contribution is -2.22. The molecule has 0 atom stereocenters. The Kier molecular flexibility index (Phi) is 4.45. The fourth-order valence-corrected chi connectivity index (χ4v) is 3.50. The number of carbonyl (C=O) groups excluding carboxylic acids is 1. The zero-order valence-electron chi connectivity index (χ0n) is 14.0. The number of imidazole rings is 1. The van der Waals surface area contributed by atoms with Crippen molar-refractivity contribution in [2.45, 2.75) is 38.8 Å². The molecule has 25 heavy (non-hydrogen) atoms. The molecular formula is C20H20ClN3O. The largest absolute Gasteiger partial charge is 0.348 e. The van der Waals surface area contributed by atoms with Crippen LogP contribution in [0.3, 0.4) is 0 Å². The first-order valence-electron chi connectivity index (χ1n) is 8.72. The highest BCUT2D eigenvalue weighted by atomic mass is 35.5. The van der Waals surface area contributed by atoms with Crippen molar-refractivity contribution in [1.29, 1.82) is 0 Å². The zero-order chi connectivity index (χ0) is 17.2. The maximum absolute atomic E-state index is 12.5. The lowest BCUT2D eigenvalue weighted by molar-refractivity contribution is 0.0951. The van der Waals surface area contributed by atoms with Crippen molar-refractivity contribution in [3.05, 3.63) is 64.4 Å². The van der Waals surface area contributed by atoms with E-state index in [2.05, 4.69) is 9.88 Å². The zero-order valence-corrected chi connectivity index (χ0v) is 14.7. The Morgan fingerprint density at radius 3 is 2.80 bits per heavy atom. The molecule has 128 valence electrons. The predicted molar refractivity (Wildman–Crippen MR) is 99.9 cm³/mol. The molecule has 1 aromatic heterocycles. The fraction of sp³-hybridized carbons (Fsp3) is 0.300. The van der Waals surface area contributed by atoms with E-state index in [0.717, 1.165) is 35.4 Å². The smallest absolute Gasteiger partial charge is 0.251 e. The summed E-state index contributed by atoms with van der Waals surface area (Å²) < 4.78 is 2.30. The number of aryl methyl sites for hydroxylation is 2. The molecule has 2 heterocycles. The average Bonchev–Trinajstić information content (AvgIpc) is 2.81. The van der Waals surface area contributed by atoms with E-state index < -0.39 is 0 Å². The maximum Gasteiger partial charge on any atom is 0.251 e. The number of hydrogen-bond acceptors (Lipinski definition) is 2. The van der Waals surface area contributed by atoms with Crippen LogP contribution in [0, 0.1) is 0 Å². The average molecular weight is 354 g/mol. The topological polar surface area (TPSA) is 46.9 Å². The van der Waals surface area contributed by atoms with Crippen LogP contribution in [0.25, 0.3) is 11.0 Å². The fourth-order valence-electron chi connectivity index (χ4n) is 3.38. The number of amides is 1. The third-order valence-electron chi connectivity index (χ3n) is 4.74. The van der Waals surface area contributed by atoms with Gasteiger partial charge < -0.3 is 9.88 Å². The molecule has 0 saturated carbocycles. The molecule has 1 N–H and O–H groups in total. The molecule has 1 aliphatic heterocycles. The molecule has 0 aliphatic carbocycles. The summed E-state index contributed by atoms with van der Waals surface area (Å²) in [6, 6.07) is 13.3. The van der Waals surface area contributed by atoms with Gasteiger partial charge in [-0.25, -0.2) is 4.98 Å². The van der Waals surface area contributed by atoms with E-state index >= 15 is 0 Å². The van der Waals surface area contributed by atoms with Crippen molar-refractivity contribution in [1.82, 2.24) is 14.9 Å². The van der Waals surface area contributed by atoms with Crippen molar-refractivity contribution in [3.63, 3.8) is 0 Å². The predicted octanol–water partition coefficient (Wildman–Crippen LogP) is 4.35. The summed E-state index contributed by atoms with van der Waals surface area (Å²) in [5, 5.41) is 3.65. The monoisotopic (exact) mass is 353 g/mol. The lowest BCUT2D eigenvalue weighted by Gasteiger charge is -2.07. The van der Waals surface area contributed by atoms with Crippen LogP contribution < -0.4 is 5.32 Å². The Hall–Kier alpha value is -2.33. The van der Waals surface area contributed by atoms with Crippen LogP contribution >= 0.6 is 11.6 Å². The van der Waals surface area contributed by atoms with Gasteiger partial charge in [0.2, 0.25) is 0 Å². The molecule has 0 spiro atoms. The summed E-state index contributed by atoms with van der Waals surface area (Å²) in [5.41, 5.74) is 3.71. The quantitative estimate of drug-likeness (QED) is 0.761. The van der Waals surface area contributed by atoms with Crippen LogP contribution in [-0.2, 0) is 19.5 Å². The van der Waals surface area contributed by atoms with E-state index in [1.54, 1.807) is 0 Å². The SMILES string of the molecule is O=C(NCc1ccc(Cl)cc1)c1ccc2c(c1)nc1n2CCCCC1. The second kappa shape index (κ2) is 6.89. The summed E-state index contributed by atoms with van der Waals surface area (Å²) in [6.07, 6.45) is 4.67. The molecule has 0 bridgehead atoms. The first kappa shape index (κ1) is 16.2. The third-order valence-corrected chi connectivity index (χ3v) is 4.99. The molecule has 0 saturated heterocycles. The minimum absolute atomic E-state index is 0.0833. The Morgan fingerprint density at radius 1 is 1.12 bits per heavy atom. The molecule has 0 unspecified atom stereocenters. The van der Waals surface area contributed by atoms with Crippen LogP contribution in [0.5, 0.6) is 0 Å². The minimum Gasteiger partial charge on any atom is -0.348 e. The number of nitrogens with zero attached hydrogens (tertiary/aromatic N) is 2. The van der Waals surface area contributed by atoms with Gasteiger partial charge in [-0.2, -0.15) is 0 Å². The first-order valence-corrected chi connectivity index (χ1v) is 9.10. The van der Waals surface area contributed by atoms with Gasteiger partial charge in [-0.15, -0.1) is 0 Å². The van der Waals surface area contributed by atoms with E-state index in [4.69, 9.17) is 16.6 Å². The van der Waals surface area contributed by atoms with Crippen molar-refractivity contribution in [3.8, 4) is 0 Å². The number of aromatic nitrogens is 2. The number of fused-ring (bicyclic) bond motifs is 3. The van der Waals surface area contributed by atoms with Gasteiger partial charge in [0.25, 0.3) is 5.91 Å². The maximum atomic E-state index is 12.5. The van der Waals surface area contributed by atoms with Gasteiger partial charge in [0, 0.05) is 30.1 Å². The number of carbonyl (C=O) groups is 1. The van der Waals surface area contributed by atoms with Crippen molar-refractivity contribution in [2.75, 3.05) is 0 Å². The normalized spacial score (nSPS) is 14.1. The molecule has 0 fully saturated rings. The number of hydrogen-bond donors (Lipinski definition) is 1. The second-order valence-electron chi connectivity index (χ2n) is 6.50. The summed E-state index contributed by atoms with van der Waals surface area (Å²) in [7, 11) is 0. The lowest BCUT2D eigenvalue weighted by atomic mass is 10.1. The molecule has 5 heteroatoms.